The number of aromatic nitrogens is 1. The predicted octanol–water partition coefficient (Wildman–Crippen LogP) is 3.23. The second-order valence-electron chi connectivity index (χ2n) is 5.99. The Morgan fingerprint density at radius 2 is 2.30 bits per heavy atom. The van der Waals surface area contributed by atoms with Crippen molar-refractivity contribution >= 4 is 17.4 Å². The van der Waals surface area contributed by atoms with Crippen LogP contribution in [-0.4, -0.2) is 40.8 Å². The summed E-state index contributed by atoms with van der Waals surface area (Å²) in [4.78, 5) is 17.9. The zero-order chi connectivity index (χ0) is 14.8. The molecule has 0 saturated carbocycles. The molecule has 0 aromatic carbocycles. The van der Waals surface area contributed by atoms with Gasteiger partial charge >= 0.3 is 6.09 Å². The van der Waals surface area contributed by atoms with Gasteiger partial charge < -0.3 is 14.4 Å². The van der Waals surface area contributed by atoms with Gasteiger partial charge in [-0.05, 0) is 34.1 Å². The topological polar surface area (TPSA) is 51.7 Å². The van der Waals surface area contributed by atoms with E-state index >= 15 is 0 Å². The van der Waals surface area contributed by atoms with E-state index in [4.69, 9.17) is 9.47 Å². The molecule has 6 heteroatoms. The third-order valence-electron chi connectivity index (χ3n) is 2.99. The van der Waals surface area contributed by atoms with E-state index in [1.54, 1.807) is 22.4 Å². The van der Waals surface area contributed by atoms with Crippen molar-refractivity contribution in [2.24, 2.45) is 0 Å². The van der Waals surface area contributed by atoms with Crippen LogP contribution < -0.4 is 0 Å². The lowest BCUT2D eigenvalue weighted by molar-refractivity contribution is -0.00399. The van der Waals surface area contributed by atoms with Gasteiger partial charge in [0.2, 0.25) is 0 Å². The second kappa shape index (κ2) is 6.10. The van der Waals surface area contributed by atoms with Crippen molar-refractivity contribution in [1.29, 1.82) is 0 Å². The van der Waals surface area contributed by atoms with Gasteiger partial charge in [0.15, 0.2) is 0 Å². The van der Waals surface area contributed by atoms with Crippen LogP contribution in [0.5, 0.6) is 0 Å². The van der Waals surface area contributed by atoms with E-state index in [-0.39, 0.29) is 18.3 Å². The molecule has 2 rings (SSSR count). The highest BCUT2D eigenvalue weighted by molar-refractivity contribution is 7.09. The van der Waals surface area contributed by atoms with E-state index in [2.05, 4.69) is 4.98 Å². The van der Waals surface area contributed by atoms with Crippen molar-refractivity contribution in [3.05, 3.63) is 16.6 Å². The lowest BCUT2D eigenvalue weighted by atomic mass is 10.2. The molecule has 5 nitrogen and oxygen atoms in total. The fourth-order valence-electron chi connectivity index (χ4n) is 2.11. The molecule has 1 aliphatic rings. The monoisotopic (exact) mass is 298 g/mol. The van der Waals surface area contributed by atoms with Crippen molar-refractivity contribution < 1.29 is 14.3 Å². The van der Waals surface area contributed by atoms with Gasteiger partial charge in [0.25, 0.3) is 0 Å². The van der Waals surface area contributed by atoms with Crippen LogP contribution in [-0.2, 0) is 9.47 Å². The van der Waals surface area contributed by atoms with Gasteiger partial charge in [0, 0.05) is 18.1 Å². The molecule has 1 fully saturated rings. The number of likely N-dealkylation sites (tertiary alicyclic amines) is 1. The molecule has 1 aliphatic heterocycles. The summed E-state index contributed by atoms with van der Waals surface area (Å²) in [5.74, 6) is 0. The molecule has 20 heavy (non-hydrogen) atoms. The van der Waals surface area contributed by atoms with E-state index in [9.17, 15) is 4.79 Å². The molecule has 0 bridgehead atoms. The first-order valence-electron chi connectivity index (χ1n) is 6.88. The summed E-state index contributed by atoms with van der Waals surface area (Å²) < 4.78 is 11.3. The molecule has 0 unspecified atom stereocenters. The van der Waals surface area contributed by atoms with E-state index in [1.807, 2.05) is 33.1 Å². The molecule has 0 radical (unpaired) electrons. The SMILES string of the molecule is C[C@H](O[C@H]1CCN(C(=O)OC(C)(C)C)C1)c1nccs1. The fraction of sp³-hybridized carbons (Fsp3) is 0.714. The molecule has 1 aromatic rings. The van der Waals surface area contributed by atoms with E-state index in [1.165, 1.54) is 0 Å². The number of carbonyl (C=O) groups excluding carboxylic acids is 1. The fourth-order valence-corrected chi connectivity index (χ4v) is 2.74. The Morgan fingerprint density at radius 3 is 2.90 bits per heavy atom. The molecule has 2 atom stereocenters. The van der Waals surface area contributed by atoms with Crippen molar-refractivity contribution in [3.63, 3.8) is 0 Å². The Morgan fingerprint density at radius 1 is 1.55 bits per heavy atom. The maximum absolute atomic E-state index is 12.0. The van der Waals surface area contributed by atoms with Crippen LogP contribution in [0.2, 0.25) is 0 Å². The molecule has 0 N–H and O–H groups in total. The molecule has 112 valence electrons. The highest BCUT2D eigenvalue weighted by atomic mass is 32.1. The van der Waals surface area contributed by atoms with Gasteiger partial charge in [-0.15, -0.1) is 11.3 Å². The average molecular weight is 298 g/mol. The molecule has 0 spiro atoms. The van der Waals surface area contributed by atoms with Crippen LogP contribution in [0.25, 0.3) is 0 Å². The minimum absolute atomic E-state index is 0.0291. The number of hydrogen-bond donors (Lipinski definition) is 0. The number of ether oxygens (including phenoxy) is 2. The molecule has 1 saturated heterocycles. The van der Waals surface area contributed by atoms with Gasteiger partial charge in [0.1, 0.15) is 16.7 Å². The minimum Gasteiger partial charge on any atom is -0.444 e. The molecule has 1 amide bonds. The molecule has 0 aliphatic carbocycles. The molecular formula is C14H22N2O3S. The predicted molar refractivity (Wildman–Crippen MR) is 77.8 cm³/mol. The highest BCUT2D eigenvalue weighted by Gasteiger charge is 2.31. The summed E-state index contributed by atoms with van der Waals surface area (Å²) in [7, 11) is 0. The van der Waals surface area contributed by atoms with Crippen LogP contribution in [0.3, 0.4) is 0 Å². The Bertz CT molecular complexity index is 442. The Labute approximate surface area is 123 Å². The average Bonchev–Trinajstić information content (AvgIpc) is 2.97. The van der Waals surface area contributed by atoms with Crippen molar-refractivity contribution in [1.82, 2.24) is 9.88 Å². The molecular weight excluding hydrogens is 276 g/mol. The molecule has 2 heterocycles. The number of hydrogen-bond acceptors (Lipinski definition) is 5. The number of amides is 1. The van der Waals surface area contributed by atoms with Gasteiger partial charge in [-0.1, -0.05) is 0 Å². The van der Waals surface area contributed by atoms with Crippen LogP contribution in [0, 0.1) is 0 Å². The highest BCUT2D eigenvalue weighted by Crippen LogP contribution is 2.25. The van der Waals surface area contributed by atoms with Gasteiger partial charge in [-0.2, -0.15) is 0 Å². The third kappa shape index (κ3) is 4.18. The summed E-state index contributed by atoms with van der Waals surface area (Å²) in [5, 5.41) is 2.91. The van der Waals surface area contributed by atoms with Crippen LogP contribution in [0.15, 0.2) is 11.6 Å². The maximum atomic E-state index is 12.0. The second-order valence-corrected chi connectivity index (χ2v) is 6.91. The number of nitrogens with zero attached hydrogens (tertiary/aromatic N) is 2. The van der Waals surface area contributed by atoms with Crippen LogP contribution in [0.4, 0.5) is 4.79 Å². The standard InChI is InChI=1S/C14H22N2O3S/c1-10(12-15-6-8-20-12)18-11-5-7-16(9-11)13(17)19-14(2,3)4/h6,8,10-11H,5,7,9H2,1-4H3/t10-,11-/m0/s1. The minimum atomic E-state index is -0.454. The molecule has 1 aromatic heterocycles. The zero-order valence-corrected chi connectivity index (χ0v) is 13.3. The number of thiazole rings is 1. The Hall–Kier alpha value is -1.14. The Kier molecular flexibility index (Phi) is 4.65. The van der Waals surface area contributed by atoms with Crippen molar-refractivity contribution in [2.45, 2.75) is 51.9 Å². The van der Waals surface area contributed by atoms with Gasteiger partial charge in [0.05, 0.1) is 12.6 Å². The first kappa shape index (κ1) is 15.3. The number of carbonyl (C=O) groups is 1. The first-order chi connectivity index (χ1) is 9.35. The lowest BCUT2D eigenvalue weighted by Gasteiger charge is -2.24. The summed E-state index contributed by atoms with van der Waals surface area (Å²) >= 11 is 1.59. The smallest absolute Gasteiger partial charge is 0.410 e. The zero-order valence-electron chi connectivity index (χ0n) is 12.5. The van der Waals surface area contributed by atoms with E-state index < -0.39 is 5.60 Å². The van der Waals surface area contributed by atoms with Gasteiger partial charge in [-0.3, -0.25) is 0 Å². The Balaban J connectivity index is 1.82. The summed E-state index contributed by atoms with van der Waals surface area (Å²) in [6, 6.07) is 0. The summed E-state index contributed by atoms with van der Waals surface area (Å²) in [6.45, 7) is 8.89. The lowest BCUT2D eigenvalue weighted by Crippen LogP contribution is -2.36. The van der Waals surface area contributed by atoms with Crippen molar-refractivity contribution in [2.75, 3.05) is 13.1 Å². The third-order valence-corrected chi connectivity index (χ3v) is 3.93. The largest absolute Gasteiger partial charge is 0.444 e. The normalized spacial score (nSPS) is 21.0. The quantitative estimate of drug-likeness (QED) is 0.859. The van der Waals surface area contributed by atoms with E-state index in [0.717, 1.165) is 11.4 Å². The van der Waals surface area contributed by atoms with Crippen LogP contribution in [0.1, 0.15) is 45.2 Å². The maximum Gasteiger partial charge on any atom is 0.410 e. The van der Waals surface area contributed by atoms with Gasteiger partial charge in [-0.25, -0.2) is 9.78 Å². The summed E-state index contributed by atoms with van der Waals surface area (Å²) in [5.41, 5.74) is -0.454. The van der Waals surface area contributed by atoms with Crippen molar-refractivity contribution in [3.8, 4) is 0 Å². The van der Waals surface area contributed by atoms with Crippen LogP contribution >= 0.6 is 11.3 Å². The first-order valence-corrected chi connectivity index (χ1v) is 7.76. The number of rotatable bonds is 3. The summed E-state index contributed by atoms with van der Waals surface area (Å²) in [6.07, 6.45) is 2.39. The van der Waals surface area contributed by atoms with E-state index in [0.29, 0.717) is 13.1 Å².